The predicted molar refractivity (Wildman–Crippen MR) is 73.3 cm³/mol. The maximum absolute atomic E-state index is 5.83. The highest BCUT2D eigenvalue weighted by Gasteiger charge is 2.10. The van der Waals surface area contributed by atoms with Gasteiger partial charge in [0.05, 0.1) is 5.52 Å². The number of hydrogen-bond acceptors (Lipinski definition) is 5. The number of fused-ring (bicyclic) bond motifs is 1. The molecule has 0 spiro atoms. The van der Waals surface area contributed by atoms with Gasteiger partial charge >= 0.3 is 0 Å². The SMILES string of the molecule is Nc1c(Cl)ncnc1Oc1cccc2ncccc12. The molecule has 0 aliphatic rings. The fraction of sp³-hybridized carbons (Fsp3) is 0. The molecule has 0 atom stereocenters. The lowest BCUT2D eigenvalue weighted by molar-refractivity contribution is 0.469. The van der Waals surface area contributed by atoms with Gasteiger partial charge in [0.2, 0.25) is 5.88 Å². The fourth-order valence-corrected chi connectivity index (χ4v) is 1.83. The summed E-state index contributed by atoms with van der Waals surface area (Å²) in [5, 5.41) is 1.04. The second kappa shape index (κ2) is 4.70. The Morgan fingerprint density at radius 3 is 2.84 bits per heavy atom. The molecule has 19 heavy (non-hydrogen) atoms. The van der Waals surface area contributed by atoms with Crippen LogP contribution in [0.5, 0.6) is 11.6 Å². The van der Waals surface area contributed by atoms with Crippen molar-refractivity contribution in [3.63, 3.8) is 0 Å². The van der Waals surface area contributed by atoms with Crippen molar-refractivity contribution in [2.45, 2.75) is 0 Å². The van der Waals surface area contributed by atoms with Crippen LogP contribution in [0.2, 0.25) is 5.15 Å². The number of halogens is 1. The summed E-state index contributed by atoms with van der Waals surface area (Å²) >= 11 is 5.83. The fourth-order valence-electron chi connectivity index (χ4n) is 1.71. The van der Waals surface area contributed by atoms with Gasteiger partial charge in [0.1, 0.15) is 17.8 Å². The molecule has 0 aliphatic carbocycles. The summed E-state index contributed by atoms with van der Waals surface area (Å²) < 4.78 is 5.70. The first kappa shape index (κ1) is 11.7. The highest BCUT2D eigenvalue weighted by atomic mass is 35.5. The molecule has 0 unspecified atom stereocenters. The van der Waals surface area contributed by atoms with E-state index >= 15 is 0 Å². The molecule has 94 valence electrons. The zero-order chi connectivity index (χ0) is 13.2. The molecule has 6 heteroatoms. The molecule has 3 aromatic rings. The molecule has 0 amide bonds. The van der Waals surface area contributed by atoms with E-state index in [9.17, 15) is 0 Å². The molecule has 2 aromatic heterocycles. The van der Waals surface area contributed by atoms with Gasteiger partial charge in [0.15, 0.2) is 5.15 Å². The highest BCUT2D eigenvalue weighted by Crippen LogP contribution is 2.32. The van der Waals surface area contributed by atoms with E-state index in [1.165, 1.54) is 6.33 Å². The average molecular weight is 273 g/mol. The molecule has 2 heterocycles. The molecule has 5 nitrogen and oxygen atoms in total. The van der Waals surface area contributed by atoms with E-state index in [2.05, 4.69) is 15.0 Å². The van der Waals surface area contributed by atoms with Gasteiger partial charge in [-0.05, 0) is 24.3 Å². The van der Waals surface area contributed by atoms with E-state index in [4.69, 9.17) is 22.1 Å². The summed E-state index contributed by atoms with van der Waals surface area (Å²) in [5.74, 6) is 0.850. The molecule has 0 fully saturated rings. The lowest BCUT2D eigenvalue weighted by atomic mass is 10.2. The van der Waals surface area contributed by atoms with Crippen molar-refractivity contribution in [1.29, 1.82) is 0 Å². The molecule has 0 radical (unpaired) electrons. The first-order valence-corrected chi connectivity index (χ1v) is 5.91. The van der Waals surface area contributed by atoms with Gasteiger partial charge in [0, 0.05) is 11.6 Å². The first-order chi connectivity index (χ1) is 9.25. The van der Waals surface area contributed by atoms with Crippen molar-refractivity contribution in [1.82, 2.24) is 15.0 Å². The van der Waals surface area contributed by atoms with Crippen LogP contribution in [-0.2, 0) is 0 Å². The molecule has 0 bridgehead atoms. The van der Waals surface area contributed by atoms with Crippen LogP contribution in [0.3, 0.4) is 0 Å². The van der Waals surface area contributed by atoms with Crippen molar-refractivity contribution < 1.29 is 4.74 Å². The third kappa shape index (κ3) is 2.15. The van der Waals surface area contributed by atoms with Gasteiger partial charge in [-0.15, -0.1) is 0 Å². The Morgan fingerprint density at radius 2 is 1.95 bits per heavy atom. The van der Waals surface area contributed by atoms with Gasteiger partial charge in [-0.1, -0.05) is 17.7 Å². The Balaban J connectivity index is 2.09. The Labute approximate surface area is 114 Å². The smallest absolute Gasteiger partial charge is 0.247 e. The van der Waals surface area contributed by atoms with Crippen molar-refractivity contribution in [2.75, 3.05) is 5.73 Å². The summed E-state index contributed by atoms with van der Waals surface area (Å²) in [6.45, 7) is 0. The van der Waals surface area contributed by atoms with Crippen LogP contribution in [0.15, 0.2) is 42.9 Å². The molecule has 0 saturated carbocycles. The Morgan fingerprint density at radius 1 is 1.05 bits per heavy atom. The van der Waals surface area contributed by atoms with Gasteiger partial charge in [-0.2, -0.15) is 4.98 Å². The largest absolute Gasteiger partial charge is 0.436 e. The van der Waals surface area contributed by atoms with Crippen molar-refractivity contribution in [3.05, 3.63) is 48.0 Å². The summed E-state index contributed by atoms with van der Waals surface area (Å²) in [5.41, 5.74) is 6.82. The Hall–Kier alpha value is -2.40. The number of nitrogens with zero attached hydrogens (tertiary/aromatic N) is 3. The molecule has 1 aromatic carbocycles. The molecular formula is C13H9ClN4O. The maximum atomic E-state index is 5.83. The van der Waals surface area contributed by atoms with Gasteiger partial charge in [0.25, 0.3) is 0 Å². The number of anilines is 1. The minimum atomic E-state index is 0.170. The van der Waals surface area contributed by atoms with E-state index < -0.39 is 0 Å². The van der Waals surface area contributed by atoms with Crippen LogP contribution < -0.4 is 10.5 Å². The quantitative estimate of drug-likeness (QED) is 0.726. The number of pyridine rings is 1. The minimum absolute atomic E-state index is 0.170. The zero-order valence-corrected chi connectivity index (χ0v) is 10.5. The molecule has 2 N–H and O–H groups in total. The monoisotopic (exact) mass is 272 g/mol. The number of benzene rings is 1. The van der Waals surface area contributed by atoms with E-state index in [1.807, 2.05) is 30.3 Å². The zero-order valence-electron chi connectivity index (χ0n) is 9.75. The van der Waals surface area contributed by atoms with Crippen molar-refractivity contribution in [3.8, 4) is 11.6 Å². The topological polar surface area (TPSA) is 73.9 Å². The number of nitrogen functional groups attached to an aromatic ring is 1. The van der Waals surface area contributed by atoms with Gasteiger partial charge < -0.3 is 10.5 Å². The van der Waals surface area contributed by atoms with Crippen LogP contribution in [-0.4, -0.2) is 15.0 Å². The Bertz CT molecular complexity index is 742. The van der Waals surface area contributed by atoms with Gasteiger partial charge in [-0.25, -0.2) is 4.98 Å². The predicted octanol–water partition coefficient (Wildman–Crippen LogP) is 3.05. The van der Waals surface area contributed by atoms with E-state index in [0.29, 0.717) is 5.75 Å². The lowest BCUT2D eigenvalue weighted by Crippen LogP contribution is -1.97. The van der Waals surface area contributed by atoms with Crippen molar-refractivity contribution >= 4 is 28.2 Å². The number of hydrogen-bond donors (Lipinski definition) is 1. The van der Waals surface area contributed by atoms with Gasteiger partial charge in [-0.3, -0.25) is 4.98 Å². The van der Waals surface area contributed by atoms with Crippen LogP contribution in [0, 0.1) is 0 Å². The third-order valence-electron chi connectivity index (χ3n) is 2.61. The number of nitrogens with two attached hydrogens (primary N) is 1. The third-order valence-corrected chi connectivity index (χ3v) is 2.91. The summed E-state index contributed by atoms with van der Waals surface area (Å²) in [6.07, 6.45) is 3.03. The number of ether oxygens (including phenoxy) is 1. The second-order valence-electron chi connectivity index (χ2n) is 3.81. The van der Waals surface area contributed by atoms with Crippen molar-refractivity contribution in [2.24, 2.45) is 0 Å². The molecule has 3 rings (SSSR count). The van der Waals surface area contributed by atoms with Crippen LogP contribution in [0.4, 0.5) is 5.69 Å². The summed E-state index contributed by atoms with van der Waals surface area (Å²) in [4.78, 5) is 12.0. The van der Waals surface area contributed by atoms with Crippen LogP contribution in [0.1, 0.15) is 0 Å². The Kier molecular flexibility index (Phi) is 2.89. The molecular weight excluding hydrogens is 264 g/mol. The minimum Gasteiger partial charge on any atom is -0.436 e. The molecule has 0 saturated heterocycles. The number of rotatable bonds is 2. The van der Waals surface area contributed by atoms with E-state index in [-0.39, 0.29) is 16.7 Å². The first-order valence-electron chi connectivity index (χ1n) is 5.53. The molecule has 0 aliphatic heterocycles. The lowest BCUT2D eigenvalue weighted by Gasteiger charge is -2.09. The second-order valence-corrected chi connectivity index (χ2v) is 4.17. The normalized spacial score (nSPS) is 10.6. The van der Waals surface area contributed by atoms with Crippen LogP contribution >= 0.6 is 11.6 Å². The highest BCUT2D eigenvalue weighted by molar-refractivity contribution is 6.32. The number of aromatic nitrogens is 3. The standard InChI is InChI=1S/C13H9ClN4O/c14-12-11(15)13(18-7-17-12)19-10-5-1-4-9-8(10)3-2-6-16-9/h1-7H,15H2. The average Bonchev–Trinajstić information content (AvgIpc) is 2.44. The van der Waals surface area contributed by atoms with E-state index in [0.717, 1.165) is 10.9 Å². The summed E-state index contributed by atoms with van der Waals surface area (Å²) in [6, 6.07) is 9.32. The summed E-state index contributed by atoms with van der Waals surface area (Å²) in [7, 11) is 0. The van der Waals surface area contributed by atoms with Crippen LogP contribution in [0.25, 0.3) is 10.9 Å². The van der Waals surface area contributed by atoms with E-state index in [1.54, 1.807) is 6.20 Å². The maximum Gasteiger partial charge on any atom is 0.247 e.